The molecule has 4 atom stereocenters. The first-order chi connectivity index (χ1) is 13.6. The second-order valence-corrected chi connectivity index (χ2v) is 9.19. The van der Waals surface area contributed by atoms with Crippen LogP contribution in [0.3, 0.4) is 0 Å². The maximum Gasteiger partial charge on any atom is 0.308 e. The van der Waals surface area contributed by atoms with E-state index in [9.17, 15) is 14.4 Å². The summed E-state index contributed by atoms with van der Waals surface area (Å²) >= 11 is 0. The van der Waals surface area contributed by atoms with Gasteiger partial charge in [0.25, 0.3) is 0 Å². The molecule has 0 aromatic rings. The number of carbonyl (C=O) groups excluding carboxylic acids is 3. The second kappa shape index (κ2) is 13.9. The van der Waals surface area contributed by atoms with E-state index in [4.69, 9.17) is 15.2 Å². The van der Waals surface area contributed by atoms with Crippen LogP contribution in [0.25, 0.3) is 0 Å². The molecule has 4 unspecified atom stereocenters. The third kappa shape index (κ3) is 11.2. The molecule has 2 aliphatic carbocycles. The highest BCUT2D eigenvalue weighted by Crippen LogP contribution is 2.32. The maximum atomic E-state index is 11.7. The molecule has 0 saturated heterocycles. The van der Waals surface area contributed by atoms with Gasteiger partial charge in [-0.05, 0) is 65.2 Å². The van der Waals surface area contributed by atoms with Gasteiger partial charge in [-0.3, -0.25) is 14.4 Å². The van der Waals surface area contributed by atoms with Crippen molar-refractivity contribution >= 4 is 30.3 Å². The van der Waals surface area contributed by atoms with Gasteiger partial charge < -0.3 is 19.9 Å². The van der Waals surface area contributed by atoms with Crippen molar-refractivity contribution < 1.29 is 28.6 Å². The maximum absolute atomic E-state index is 11.7. The van der Waals surface area contributed by atoms with Gasteiger partial charge in [-0.15, -0.1) is 12.4 Å². The summed E-state index contributed by atoms with van der Waals surface area (Å²) < 4.78 is 14.7. The van der Waals surface area contributed by atoms with Crippen LogP contribution in [0.5, 0.6) is 0 Å². The smallest absolute Gasteiger partial charge is 0.308 e. The Morgan fingerprint density at radius 1 is 0.867 bits per heavy atom. The fourth-order valence-electron chi connectivity index (χ4n) is 4.08. The molecule has 0 aromatic heterocycles. The minimum Gasteiger partial charge on any atom is -0.469 e. The minimum atomic E-state index is -0.437. The van der Waals surface area contributed by atoms with Crippen LogP contribution in [-0.2, 0) is 28.6 Å². The average Bonchev–Trinajstić information content (AvgIpc) is 2.65. The molecule has 0 aliphatic heterocycles. The standard InChI is InChI=1S/C14H24O4.C8H15NO2.ClH/c1-14(2,3)18-12(15)9-10-6-5-7-11(8-10)13(16)17-4;1-11-8(10)6-3-2-4-7(9)5-6;/h10-11H,5-9H2,1-4H3;6-7H,2-5,9H2,1H3;1H. The van der Waals surface area contributed by atoms with Crippen LogP contribution in [0.2, 0.25) is 0 Å². The van der Waals surface area contributed by atoms with Gasteiger partial charge in [-0.1, -0.05) is 12.8 Å². The fourth-order valence-corrected chi connectivity index (χ4v) is 4.08. The normalized spacial score (nSPS) is 26.2. The Labute approximate surface area is 187 Å². The van der Waals surface area contributed by atoms with Crippen LogP contribution in [-0.4, -0.2) is 43.8 Å². The number of ether oxygens (including phenoxy) is 3. The summed E-state index contributed by atoms with van der Waals surface area (Å²) in [4.78, 5) is 34.3. The third-order valence-corrected chi connectivity index (χ3v) is 5.44. The lowest BCUT2D eigenvalue weighted by molar-refractivity contribution is -0.157. The van der Waals surface area contributed by atoms with Gasteiger partial charge in [-0.25, -0.2) is 0 Å². The molecule has 0 bridgehead atoms. The molecular weight excluding hydrogens is 410 g/mol. The Morgan fingerprint density at radius 3 is 1.83 bits per heavy atom. The average molecular weight is 450 g/mol. The summed E-state index contributed by atoms with van der Waals surface area (Å²) in [5, 5.41) is 0. The first-order valence-corrected chi connectivity index (χ1v) is 10.7. The molecule has 2 aliphatic rings. The Kier molecular flexibility index (Phi) is 13.2. The van der Waals surface area contributed by atoms with Crippen molar-refractivity contribution in [1.82, 2.24) is 0 Å². The number of nitrogens with two attached hydrogens (primary N) is 1. The Bertz CT molecular complexity index is 548. The number of hydrogen-bond acceptors (Lipinski definition) is 7. The molecule has 0 spiro atoms. The number of esters is 3. The molecule has 2 saturated carbocycles. The van der Waals surface area contributed by atoms with Crippen LogP contribution >= 0.6 is 12.4 Å². The summed E-state index contributed by atoms with van der Waals surface area (Å²) in [6, 6.07) is 0.202. The van der Waals surface area contributed by atoms with E-state index in [2.05, 4.69) is 4.74 Å². The summed E-state index contributed by atoms with van der Waals surface area (Å²) in [5.41, 5.74) is 5.27. The number of methoxy groups -OCH3 is 2. The zero-order valence-electron chi connectivity index (χ0n) is 19.1. The van der Waals surface area contributed by atoms with E-state index < -0.39 is 5.60 Å². The number of carbonyl (C=O) groups is 3. The van der Waals surface area contributed by atoms with Gasteiger partial charge in [0.15, 0.2) is 0 Å². The van der Waals surface area contributed by atoms with Crippen molar-refractivity contribution in [3.8, 4) is 0 Å². The summed E-state index contributed by atoms with van der Waals surface area (Å²) in [6.45, 7) is 5.59. The molecule has 7 nitrogen and oxygen atoms in total. The monoisotopic (exact) mass is 449 g/mol. The zero-order valence-corrected chi connectivity index (χ0v) is 19.9. The third-order valence-electron chi connectivity index (χ3n) is 5.44. The van der Waals surface area contributed by atoms with Gasteiger partial charge >= 0.3 is 17.9 Å². The Balaban J connectivity index is 0.000000603. The van der Waals surface area contributed by atoms with Crippen molar-refractivity contribution in [2.75, 3.05) is 14.2 Å². The van der Waals surface area contributed by atoms with Crippen molar-refractivity contribution in [3.63, 3.8) is 0 Å². The van der Waals surface area contributed by atoms with Crippen LogP contribution in [0.1, 0.15) is 78.6 Å². The molecule has 176 valence electrons. The van der Waals surface area contributed by atoms with E-state index in [1.807, 2.05) is 20.8 Å². The molecule has 30 heavy (non-hydrogen) atoms. The largest absolute Gasteiger partial charge is 0.469 e. The first-order valence-electron chi connectivity index (χ1n) is 10.7. The predicted molar refractivity (Wildman–Crippen MR) is 117 cm³/mol. The Morgan fingerprint density at radius 2 is 1.37 bits per heavy atom. The van der Waals surface area contributed by atoms with Crippen molar-refractivity contribution in [3.05, 3.63) is 0 Å². The van der Waals surface area contributed by atoms with Crippen LogP contribution in [0, 0.1) is 17.8 Å². The molecule has 2 fully saturated rings. The minimum absolute atomic E-state index is 0. The summed E-state index contributed by atoms with van der Waals surface area (Å²) in [5.74, 6) is -0.153. The molecule has 2 rings (SSSR count). The van der Waals surface area contributed by atoms with Crippen LogP contribution < -0.4 is 5.73 Å². The van der Waals surface area contributed by atoms with Crippen LogP contribution in [0.4, 0.5) is 0 Å². The van der Waals surface area contributed by atoms with E-state index in [1.54, 1.807) is 0 Å². The van der Waals surface area contributed by atoms with Gasteiger partial charge in [0, 0.05) is 12.5 Å². The second-order valence-electron chi connectivity index (χ2n) is 9.19. The van der Waals surface area contributed by atoms with Gasteiger partial charge in [0.05, 0.1) is 26.1 Å². The van der Waals surface area contributed by atoms with Crippen molar-refractivity contribution in [1.29, 1.82) is 0 Å². The van der Waals surface area contributed by atoms with E-state index in [-0.39, 0.29) is 54.1 Å². The van der Waals surface area contributed by atoms with Crippen molar-refractivity contribution in [2.24, 2.45) is 23.5 Å². The molecule has 0 radical (unpaired) electrons. The SMILES string of the molecule is COC(=O)C1CCCC(CC(=O)OC(C)(C)C)C1.COC(=O)C1CCCC(N)C1.Cl. The van der Waals surface area contributed by atoms with E-state index >= 15 is 0 Å². The lowest BCUT2D eigenvalue weighted by Gasteiger charge is -2.28. The fraction of sp³-hybridized carbons (Fsp3) is 0.864. The van der Waals surface area contributed by atoms with E-state index in [0.717, 1.165) is 51.4 Å². The lowest BCUT2D eigenvalue weighted by atomic mass is 9.80. The zero-order chi connectivity index (χ0) is 22.0. The predicted octanol–water partition coefficient (Wildman–Crippen LogP) is 3.80. The molecular formula is C22H40ClNO6. The first kappa shape index (κ1) is 28.7. The number of hydrogen-bond donors (Lipinski definition) is 1. The van der Waals surface area contributed by atoms with Gasteiger partial charge in [0.1, 0.15) is 5.60 Å². The topological polar surface area (TPSA) is 105 Å². The highest BCUT2D eigenvalue weighted by atomic mass is 35.5. The van der Waals surface area contributed by atoms with E-state index in [0.29, 0.717) is 6.42 Å². The van der Waals surface area contributed by atoms with Gasteiger partial charge in [-0.2, -0.15) is 0 Å². The quantitative estimate of drug-likeness (QED) is 0.514. The number of rotatable bonds is 4. The van der Waals surface area contributed by atoms with E-state index in [1.165, 1.54) is 14.2 Å². The molecule has 8 heteroatoms. The Hall–Kier alpha value is -1.34. The van der Waals surface area contributed by atoms with Crippen molar-refractivity contribution in [2.45, 2.75) is 90.2 Å². The lowest BCUT2D eigenvalue weighted by Crippen LogP contribution is -2.32. The summed E-state index contributed by atoms with van der Waals surface area (Å²) in [6.07, 6.45) is 7.84. The molecule has 0 heterocycles. The molecule has 0 amide bonds. The highest BCUT2D eigenvalue weighted by molar-refractivity contribution is 5.85. The number of halogens is 1. The molecule has 2 N–H and O–H groups in total. The summed E-state index contributed by atoms with van der Waals surface area (Å²) in [7, 11) is 2.85. The highest BCUT2D eigenvalue weighted by Gasteiger charge is 2.30. The van der Waals surface area contributed by atoms with Crippen LogP contribution in [0.15, 0.2) is 0 Å². The van der Waals surface area contributed by atoms with Gasteiger partial charge in [0.2, 0.25) is 0 Å². The molecule has 0 aromatic carbocycles.